The van der Waals surface area contributed by atoms with E-state index in [1.165, 1.54) is 0 Å². The van der Waals surface area contributed by atoms with E-state index in [-0.39, 0.29) is 31.5 Å². The Bertz CT molecular complexity index is 836. The first kappa shape index (κ1) is 27.3. The van der Waals surface area contributed by atoms with Gasteiger partial charge in [0.2, 0.25) is 17.7 Å². The molecule has 2 rings (SSSR count). The lowest BCUT2D eigenvalue weighted by molar-refractivity contribution is -0.150. The smallest absolute Gasteiger partial charge is 0.328 e. The molecule has 12 heteroatoms. The van der Waals surface area contributed by atoms with Gasteiger partial charge in [0.1, 0.15) is 18.7 Å². The van der Waals surface area contributed by atoms with Gasteiger partial charge < -0.3 is 30.9 Å². The fourth-order valence-electron chi connectivity index (χ4n) is 3.20. The molecule has 1 saturated heterocycles. The molecule has 0 bridgehead atoms. The van der Waals surface area contributed by atoms with Crippen molar-refractivity contribution in [2.24, 2.45) is 11.7 Å². The fraction of sp³-hybridized carbons (Fsp3) is 0.545. The van der Waals surface area contributed by atoms with Gasteiger partial charge in [-0.05, 0) is 24.3 Å². The summed E-state index contributed by atoms with van der Waals surface area (Å²) in [7, 11) is 0.423. The van der Waals surface area contributed by atoms with Gasteiger partial charge in [-0.1, -0.05) is 44.2 Å². The number of esters is 1. The number of nitrogens with two attached hydrogens (primary N) is 1. The molecule has 0 aromatic heterocycles. The number of benzene rings is 1. The first-order valence-corrected chi connectivity index (χ1v) is 11.3. The zero-order chi connectivity index (χ0) is 25.1. The van der Waals surface area contributed by atoms with E-state index in [9.17, 15) is 24.3 Å². The van der Waals surface area contributed by atoms with Crippen LogP contribution in [-0.2, 0) is 35.2 Å². The molecule has 1 aromatic carbocycles. The molecule has 1 aliphatic heterocycles. The number of hydrogen-bond donors (Lipinski definition) is 5. The van der Waals surface area contributed by atoms with Crippen LogP contribution in [0.4, 0.5) is 0 Å². The van der Waals surface area contributed by atoms with Crippen LogP contribution in [0.15, 0.2) is 30.3 Å². The van der Waals surface area contributed by atoms with Crippen LogP contribution in [-0.4, -0.2) is 67.1 Å². The minimum absolute atomic E-state index is 0.0441. The van der Waals surface area contributed by atoms with Crippen molar-refractivity contribution in [3.63, 3.8) is 0 Å². The van der Waals surface area contributed by atoms with Crippen molar-refractivity contribution < 1.29 is 33.7 Å². The second kappa shape index (κ2) is 13.7. The van der Waals surface area contributed by atoms with Gasteiger partial charge in [-0.25, -0.2) is 4.79 Å². The topological polar surface area (TPSA) is 172 Å². The molecule has 11 nitrogen and oxygen atoms in total. The third kappa shape index (κ3) is 9.90. The van der Waals surface area contributed by atoms with Crippen LogP contribution in [0.5, 0.6) is 0 Å². The quantitative estimate of drug-likeness (QED) is 0.117. The van der Waals surface area contributed by atoms with Gasteiger partial charge in [0.05, 0.1) is 18.8 Å². The minimum atomic E-state index is -1.30. The van der Waals surface area contributed by atoms with Crippen molar-refractivity contribution in [2.45, 2.75) is 64.0 Å². The van der Waals surface area contributed by atoms with Gasteiger partial charge in [0.25, 0.3) is 0 Å². The molecule has 1 aliphatic rings. The Morgan fingerprint density at radius 2 is 1.71 bits per heavy atom. The van der Waals surface area contributed by atoms with Gasteiger partial charge in [0, 0.05) is 6.42 Å². The third-order valence-electron chi connectivity index (χ3n) is 5.06. The summed E-state index contributed by atoms with van der Waals surface area (Å²) in [6.45, 7) is 3.15. The van der Waals surface area contributed by atoms with Crippen molar-refractivity contribution in [3.8, 4) is 0 Å². The number of hydrogen-bond acceptors (Lipinski definition) is 8. The van der Waals surface area contributed by atoms with Gasteiger partial charge in [-0.2, -0.15) is 0 Å². The van der Waals surface area contributed by atoms with E-state index < -0.39 is 48.4 Å². The SMILES string of the molecule is CC(C)C[C@H](NC(=O)[C@H](CO)NC(=O)[C@H](CCC(N)=O)NC1BO1)C(=O)OCc1ccccc1. The van der Waals surface area contributed by atoms with Gasteiger partial charge in [0.15, 0.2) is 0 Å². The highest BCUT2D eigenvalue weighted by molar-refractivity contribution is 6.38. The van der Waals surface area contributed by atoms with Crippen LogP contribution in [0.2, 0.25) is 0 Å². The molecule has 34 heavy (non-hydrogen) atoms. The monoisotopic (exact) mass is 476 g/mol. The van der Waals surface area contributed by atoms with Gasteiger partial charge in [-0.3, -0.25) is 19.7 Å². The molecular formula is C22H33BN4O7. The van der Waals surface area contributed by atoms with E-state index in [1.807, 2.05) is 44.2 Å². The molecule has 4 atom stereocenters. The highest BCUT2D eigenvalue weighted by Crippen LogP contribution is 2.10. The Kier molecular flexibility index (Phi) is 11.0. The lowest BCUT2D eigenvalue weighted by Gasteiger charge is -2.24. The van der Waals surface area contributed by atoms with Gasteiger partial charge in [-0.15, -0.1) is 0 Å². The molecule has 1 unspecified atom stereocenters. The van der Waals surface area contributed by atoms with Crippen molar-refractivity contribution >= 4 is 31.2 Å². The number of amides is 3. The van der Waals surface area contributed by atoms with Crippen molar-refractivity contribution in [1.82, 2.24) is 16.0 Å². The highest BCUT2D eigenvalue weighted by atomic mass is 16.5. The third-order valence-corrected chi connectivity index (χ3v) is 5.06. The van der Waals surface area contributed by atoms with Crippen LogP contribution in [0.1, 0.15) is 38.7 Å². The van der Waals surface area contributed by atoms with Crippen molar-refractivity contribution in [2.75, 3.05) is 6.61 Å². The van der Waals surface area contributed by atoms with Crippen LogP contribution in [0, 0.1) is 5.92 Å². The minimum Gasteiger partial charge on any atom is -0.459 e. The largest absolute Gasteiger partial charge is 0.459 e. The maximum Gasteiger partial charge on any atom is 0.328 e. The Morgan fingerprint density at radius 1 is 1.09 bits per heavy atom. The number of carbonyl (C=O) groups excluding carboxylic acids is 4. The van der Waals surface area contributed by atoms with E-state index in [2.05, 4.69) is 16.0 Å². The number of rotatable bonds is 15. The Hall–Kier alpha value is -2.96. The molecule has 3 amide bonds. The predicted octanol–water partition coefficient (Wildman–Crippen LogP) is -1.37. The number of aliphatic hydroxyl groups is 1. The Labute approximate surface area is 199 Å². The molecule has 0 spiro atoms. The number of carbonyl (C=O) groups is 4. The number of ether oxygens (including phenoxy) is 1. The summed E-state index contributed by atoms with van der Waals surface area (Å²) in [6.07, 6.45) is 0.0488. The van der Waals surface area contributed by atoms with Crippen molar-refractivity contribution in [3.05, 3.63) is 35.9 Å². The Balaban J connectivity index is 1.97. The number of nitrogens with one attached hydrogen (secondary N) is 3. The van der Waals surface area contributed by atoms with Crippen LogP contribution in [0.3, 0.4) is 0 Å². The van der Waals surface area contributed by atoms with E-state index >= 15 is 0 Å². The fourth-order valence-corrected chi connectivity index (χ4v) is 3.20. The van der Waals surface area contributed by atoms with E-state index in [1.54, 1.807) is 0 Å². The second-order valence-electron chi connectivity index (χ2n) is 8.57. The molecule has 6 N–H and O–H groups in total. The average molecular weight is 476 g/mol. The molecule has 0 radical (unpaired) electrons. The summed E-state index contributed by atoms with van der Waals surface area (Å²) in [4.78, 5) is 49.2. The molecule has 1 heterocycles. The summed E-state index contributed by atoms with van der Waals surface area (Å²) < 4.78 is 10.4. The maximum atomic E-state index is 12.8. The molecule has 0 aliphatic carbocycles. The number of primary amides is 1. The predicted molar refractivity (Wildman–Crippen MR) is 124 cm³/mol. The standard InChI is InChI=1S/C22H33BN4O7/c1-13(2)10-16(21(32)33-12-14-6-4-3-5-7-14)25-20(31)17(11-28)26-19(30)15(8-9-18(24)29)27-22-23-34-22/h3-7,13,15-17,22-23,27-28H,8-12H2,1-2H3,(H2,24,29)(H,25,31)(H,26,30)/t15-,16-,17-,22?/m0/s1. The van der Waals surface area contributed by atoms with E-state index in [4.69, 9.17) is 15.1 Å². The summed E-state index contributed by atoms with van der Waals surface area (Å²) in [6, 6.07) is 6.03. The lowest BCUT2D eigenvalue weighted by atomic mass is 10.0. The normalized spacial score (nSPS) is 17.1. The molecule has 186 valence electrons. The zero-order valence-corrected chi connectivity index (χ0v) is 19.5. The van der Waals surface area contributed by atoms with E-state index in [0.717, 1.165) is 5.56 Å². The first-order valence-electron chi connectivity index (χ1n) is 11.3. The van der Waals surface area contributed by atoms with Gasteiger partial charge >= 0.3 is 13.5 Å². The average Bonchev–Trinajstić information content (AvgIpc) is 3.62. The Morgan fingerprint density at radius 3 is 2.26 bits per heavy atom. The molecule has 1 fully saturated rings. The summed E-state index contributed by atoms with van der Waals surface area (Å²) in [5.41, 5.74) is 5.98. The molecular weight excluding hydrogens is 443 g/mol. The lowest BCUT2D eigenvalue weighted by Crippen LogP contribution is -2.57. The molecule has 0 saturated carbocycles. The molecule has 1 aromatic rings. The summed E-state index contributed by atoms with van der Waals surface area (Å²) in [5.74, 6) is -2.44. The van der Waals surface area contributed by atoms with Crippen molar-refractivity contribution in [1.29, 1.82) is 0 Å². The second-order valence-corrected chi connectivity index (χ2v) is 8.57. The van der Waals surface area contributed by atoms with Crippen LogP contribution in [0.25, 0.3) is 0 Å². The van der Waals surface area contributed by atoms with E-state index in [0.29, 0.717) is 13.9 Å². The van der Waals surface area contributed by atoms with Crippen LogP contribution < -0.4 is 21.7 Å². The summed E-state index contributed by atoms with van der Waals surface area (Å²) >= 11 is 0. The van der Waals surface area contributed by atoms with Crippen LogP contribution >= 0.6 is 0 Å². The zero-order valence-electron chi connectivity index (χ0n) is 19.5. The number of aliphatic hydroxyl groups excluding tert-OH is 1. The summed E-state index contributed by atoms with van der Waals surface area (Å²) in [5, 5.41) is 17.6. The maximum absolute atomic E-state index is 12.8. The highest BCUT2D eigenvalue weighted by Gasteiger charge is 2.34. The first-order chi connectivity index (χ1) is 16.2.